The molecule has 1 aromatic carbocycles. The molecule has 0 spiro atoms. The smallest absolute Gasteiger partial charge is 0.207 e. The van der Waals surface area contributed by atoms with Crippen LogP contribution in [-0.4, -0.2) is 8.42 Å². The number of rotatable bonds is 4. The maximum atomic E-state index is 12.4. The van der Waals surface area contributed by atoms with Crippen molar-refractivity contribution in [1.29, 1.82) is 0 Å². The van der Waals surface area contributed by atoms with E-state index in [4.69, 9.17) is 11.6 Å². The Morgan fingerprint density at radius 2 is 1.95 bits per heavy atom. The molecule has 2 rings (SSSR count). The van der Waals surface area contributed by atoms with E-state index in [1.807, 2.05) is 6.07 Å². The largest absolute Gasteiger partial charge is 0.242 e. The molecule has 20 heavy (non-hydrogen) atoms. The zero-order chi connectivity index (χ0) is 14.9. The maximum absolute atomic E-state index is 12.4. The summed E-state index contributed by atoms with van der Waals surface area (Å²) in [6.45, 7) is 1.78. The van der Waals surface area contributed by atoms with Gasteiger partial charge in [0.2, 0.25) is 10.0 Å². The lowest BCUT2D eigenvalue weighted by Gasteiger charge is -2.14. The number of nitrogens with one attached hydrogen (secondary N) is 1. The highest BCUT2D eigenvalue weighted by Crippen LogP contribution is 2.30. The van der Waals surface area contributed by atoms with Gasteiger partial charge in [-0.3, -0.25) is 0 Å². The first-order valence-corrected chi connectivity index (χ1v) is 9.78. The quantitative estimate of drug-likeness (QED) is 0.702. The van der Waals surface area contributed by atoms with E-state index in [9.17, 15) is 8.42 Å². The maximum Gasteiger partial charge on any atom is 0.242 e. The molecule has 2 aromatic rings. The van der Waals surface area contributed by atoms with Crippen LogP contribution < -0.4 is 4.72 Å². The second kappa shape index (κ2) is 6.46. The second-order valence-electron chi connectivity index (χ2n) is 4.06. The fraction of sp³-hybridized carbons (Fsp3) is 0.167. The van der Waals surface area contributed by atoms with Crippen molar-refractivity contribution in [2.45, 2.75) is 17.9 Å². The number of hydrogen-bond donors (Lipinski definition) is 1. The van der Waals surface area contributed by atoms with Crippen molar-refractivity contribution in [3.63, 3.8) is 0 Å². The van der Waals surface area contributed by atoms with Crippen LogP contribution in [0, 0.1) is 0 Å². The third kappa shape index (κ3) is 3.84. The molecule has 0 aliphatic rings. The zero-order valence-corrected chi connectivity index (χ0v) is 15.8. The second-order valence-corrected chi connectivity index (χ2v) is 9.26. The first kappa shape index (κ1) is 16.5. The molecule has 1 N–H and O–H groups in total. The molecular weight excluding hydrogens is 450 g/mol. The van der Waals surface area contributed by atoms with Crippen LogP contribution in [0.25, 0.3) is 0 Å². The molecule has 0 amide bonds. The van der Waals surface area contributed by atoms with Gasteiger partial charge < -0.3 is 0 Å². The van der Waals surface area contributed by atoms with E-state index >= 15 is 0 Å². The van der Waals surface area contributed by atoms with Crippen molar-refractivity contribution in [3.8, 4) is 0 Å². The molecule has 0 aliphatic carbocycles. The fourth-order valence-corrected chi connectivity index (χ4v) is 5.71. The van der Waals surface area contributed by atoms with Crippen LogP contribution >= 0.6 is 54.8 Å². The summed E-state index contributed by atoms with van der Waals surface area (Å²) in [5, 5.41) is 0. The van der Waals surface area contributed by atoms with Crippen molar-refractivity contribution in [1.82, 2.24) is 4.72 Å². The van der Waals surface area contributed by atoms with Gasteiger partial charge in [-0.15, -0.1) is 11.3 Å². The standard InChI is InChI=1S/C12H10Br2ClNO2S2/c1-7(10-3-5-12(15)19-10)16-20(17,18)11-4-2-8(13)6-9(11)14/h2-7,16H,1H3. The van der Waals surface area contributed by atoms with Gasteiger partial charge in [0.15, 0.2) is 0 Å². The molecule has 3 nitrogen and oxygen atoms in total. The van der Waals surface area contributed by atoms with Crippen molar-refractivity contribution in [2.24, 2.45) is 0 Å². The van der Waals surface area contributed by atoms with Crippen LogP contribution in [0.15, 0.2) is 44.2 Å². The summed E-state index contributed by atoms with van der Waals surface area (Å²) in [6.07, 6.45) is 0. The Labute approximate surface area is 143 Å². The van der Waals surface area contributed by atoms with Gasteiger partial charge in [0.25, 0.3) is 0 Å². The van der Waals surface area contributed by atoms with Gasteiger partial charge >= 0.3 is 0 Å². The minimum atomic E-state index is -3.60. The molecule has 0 aliphatic heterocycles. The molecule has 1 heterocycles. The van der Waals surface area contributed by atoms with E-state index in [1.165, 1.54) is 11.3 Å². The fourth-order valence-electron chi connectivity index (χ4n) is 1.61. The summed E-state index contributed by atoms with van der Waals surface area (Å²) >= 11 is 13.8. The highest BCUT2D eigenvalue weighted by Gasteiger charge is 2.21. The number of benzene rings is 1. The third-order valence-corrected chi connectivity index (χ3v) is 6.96. The van der Waals surface area contributed by atoms with Crippen LogP contribution in [0.3, 0.4) is 0 Å². The number of hydrogen-bond acceptors (Lipinski definition) is 3. The van der Waals surface area contributed by atoms with Gasteiger partial charge in [-0.1, -0.05) is 27.5 Å². The first-order valence-electron chi connectivity index (χ1n) is 5.52. The minimum absolute atomic E-state index is 0.204. The average Bonchev–Trinajstić information content (AvgIpc) is 2.74. The normalized spacial score (nSPS) is 13.4. The van der Waals surface area contributed by atoms with Gasteiger partial charge in [0, 0.05) is 13.8 Å². The molecule has 0 fully saturated rings. The van der Waals surface area contributed by atoms with E-state index < -0.39 is 10.0 Å². The summed E-state index contributed by atoms with van der Waals surface area (Å²) in [5.74, 6) is 0. The highest BCUT2D eigenvalue weighted by molar-refractivity contribution is 9.11. The molecule has 8 heteroatoms. The van der Waals surface area contributed by atoms with Gasteiger partial charge in [-0.05, 0) is 53.2 Å². The highest BCUT2D eigenvalue weighted by atomic mass is 79.9. The number of sulfonamides is 1. The molecule has 0 radical (unpaired) electrons. The molecular formula is C12H10Br2ClNO2S2. The van der Waals surface area contributed by atoms with E-state index in [2.05, 4.69) is 36.6 Å². The van der Waals surface area contributed by atoms with Crippen LogP contribution in [0.4, 0.5) is 0 Å². The van der Waals surface area contributed by atoms with Crippen LogP contribution in [0.5, 0.6) is 0 Å². The Morgan fingerprint density at radius 3 is 2.50 bits per heavy atom. The predicted octanol–water partition coefficient (Wildman–Crippen LogP) is 4.97. The Bertz CT molecular complexity index is 731. The van der Waals surface area contributed by atoms with Gasteiger partial charge in [-0.25, -0.2) is 13.1 Å². The molecule has 0 bridgehead atoms. The Balaban J connectivity index is 2.27. The van der Waals surface area contributed by atoms with Crippen molar-refractivity contribution >= 4 is 64.8 Å². The summed E-state index contributed by atoms with van der Waals surface area (Å²) in [5.41, 5.74) is 0. The average molecular weight is 460 g/mol. The van der Waals surface area contributed by atoms with Gasteiger partial charge in [-0.2, -0.15) is 0 Å². The molecule has 0 saturated carbocycles. The summed E-state index contributed by atoms with van der Waals surface area (Å²) in [4.78, 5) is 1.07. The topological polar surface area (TPSA) is 46.2 Å². The SMILES string of the molecule is CC(NS(=O)(=O)c1ccc(Br)cc1Br)c1ccc(Cl)s1. The minimum Gasteiger partial charge on any atom is -0.207 e. The molecule has 1 atom stereocenters. The molecule has 1 aromatic heterocycles. The van der Waals surface area contributed by atoms with Gasteiger partial charge in [0.05, 0.1) is 15.3 Å². The molecule has 0 saturated heterocycles. The van der Waals surface area contributed by atoms with Crippen LogP contribution in [0.1, 0.15) is 17.8 Å². The predicted molar refractivity (Wildman–Crippen MR) is 89.9 cm³/mol. The number of thiophene rings is 1. The summed E-state index contributed by atoms with van der Waals surface area (Å²) < 4.78 is 29.3. The summed E-state index contributed by atoms with van der Waals surface area (Å²) in [6, 6.07) is 8.16. The third-order valence-electron chi connectivity index (χ3n) is 2.54. The van der Waals surface area contributed by atoms with Crippen molar-refractivity contribution < 1.29 is 8.42 Å². The Morgan fingerprint density at radius 1 is 1.25 bits per heavy atom. The van der Waals surface area contributed by atoms with Crippen LogP contribution in [-0.2, 0) is 10.0 Å². The zero-order valence-electron chi connectivity index (χ0n) is 10.2. The Hall–Kier alpha value is 0.0800. The van der Waals surface area contributed by atoms with Crippen molar-refractivity contribution in [3.05, 3.63) is 48.5 Å². The Kier molecular flexibility index (Phi) is 5.31. The molecule has 1 unspecified atom stereocenters. The lowest BCUT2D eigenvalue weighted by Crippen LogP contribution is -2.26. The lowest BCUT2D eigenvalue weighted by molar-refractivity contribution is 0.568. The van der Waals surface area contributed by atoms with Crippen molar-refractivity contribution in [2.75, 3.05) is 0 Å². The van der Waals surface area contributed by atoms with Crippen LogP contribution in [0.2, 0.25) is 4.34 Å². The van der Waals surface area contributed by atoms with E-state index in [0.29, 0.717) is 8.81 Å². The van der Waals surface area contributed by atoms with Gasteiger partial charge in [0.1, 0.15) is 0 Å². The lowest BCUT2D eigenvalue weighted by atomic mass is 10.3. The first-order chi connectivity index (χ1) is 9.29. The van der Waals surface area contributed by atoms with E-state index in [1.54, 1.807) is 31.2 Å². The summed E-state index contributed by atoms with van der Waals surface area (Å²) in [7, 11) is -3.60. The molecule has 108 valence electrons. The number of halogens is 3. The van der Waals surface area contributed by atoms with E-state index in [0.717, 1.165) is 9.35 Å². The monoisotopic (exact) mass is 457 g/mol. The van der Waals surface area contributed by atoms with E-state index in [-0.39, 0.29) is 10.9 Å².